The van der Waals surface area contributed by atoms with Gasteiger partial charge in [0.2, 0.25) is 0 Å². The summed E-state index contributed by atoms with van der Waals surface area (Å²) in [5.41, 5.74) is 5.02. The number of primary amides is 1. The Balaban J connectivity index is 2.31. The summed E-state index contributed by atoms with van der Waals surface area (Å²) in [6, 6.07) is 5.84. The number of halogens is 1. The second-order valence-electron chi connectivity index (χ2n) is 3.55. The van der Waals surface area contributed by atoms with E-state index in [0.29, 0.717) is 5.56 Å². The second kappa shape index (κ2) is 2.97. The molecule has 1 aliphatic carbocycles. The van der Waals surface area contributed by atoms with Gasteiger partial charge >= 0.3 is 6.03 Å². The van der Waals surface area contributed by atoms with Gasteiger partial charge in [-0.1, -0.05) is 18.2 Å². The monoisotopic (exact) mass is 194 g/mol. The molecule has 2 amide bonds. The Morgan fingerprint density at radius 2 is 2.07 bits per heavy atom. The molecule has 4 heteroatoms. The van der Waals surface area contributed by atoms with E-state index in [9.17, 15) is 9.18 Å². The molecule has 1 aliphatic rings. The third-order valence-electron chi connectivity index (χ3n) is 2.50. The predicted octanol–water partition coefficient (Wildman–Crippen LogP) is 1.48. The lowest BCUT2D eigenvalue weighted by Crippen LogP contribution is -2.39. The molecule has 2 rings (SSSR count). The summed E-state index contributed by atoms with van der Waals surface area (Å²) in [7, 11) is 0. The van der Waals surface area contributed by atoms with Crippen LogP contribution in [0.25, 0.3) is 0 Å². The van der Waals surface area contributed by atoms with Gasteiger partial charge in [-0.3, -0.25) is 0 Å². The van der Waals surface area contributed by atoms with Crippen LogP contribution in [-0.4, -0.2) is 6.03 Å². The van der Waals surface area contributed by atoms with Crippen LogP contribution in [0.2, 0.25) is 0 Å². The van der Waals surface area contributed by atoms with Crippen LogP contribution in [0.4, 0.5) is 9.18 Å². The lowest BCUT2D eigenvalue weighted by Gasteiger charge is -2.16. The molecule has 0 radical (unpaired) electrons. The van der Waals surface area contributed by atoms with Crippen LogP contribution in [0, 0.1) is 5.82 Å². The molecule has 0 aliphatic heterocycles. The first kappa shape index (κ1) is 8.99. The molecule has 74 valence electrons. The van der Waals surface area contributed by atoms with Crippen LogP contribution in [0.5, 0.6) is 0 Å². The fourth-order valence-electron chi connectivity index (χ4n) is 1.67. The Labute approximate surface area is 81.1 Å². The first-order chi connectivity index (χ1) is 6.64. The largest absolute Gasteiger partial charge is 0.352 e. The number of benzene rings is 1. The number of carbonyl (C=O) groups excluding carboxylic acids is 1. The van der Waals surface area contributed by atoms with Crippen molar-refractivity contribution in [3.63, 3.8) is 0 Å². The lowest BCUT2D eigenvalue weighted by molar-refractivity contribution is 0.244. The van der Waals surface area contributed by atoms with Crippen LogP contribution in [-0.2, 0) is 5.54 Å². The van der Waals surface area contributed by atoms with Gasteiger partial charge in [0.1, 0.15) is 5.82 Å². The zero-order chi connectivity index (χ0) is 10.2. The third kappa shape index (κ3) is 1.43. The standard InChI is InChI=1S/C10H11FN2O/c11-8-4-2-1-3-7(8)10(5-6-10)13-9(12)14/h1-4H,5-6H2,(H3,12,13,14). The molecular formula is C10H11FN2O. The number of hydrogen-bond acceptors (Lipinski definition) is 1. The minimum absolute atomic E-state index is 0.293. The van der Waals surface area contributed by atoms with Crippen LogP contribution in [0.3, 0.4) is 0 Å². The van der Waals surface area contributed by atoms with Crippen LogP contribution >= 0.6 is 0 Å². The smallest absolute Gasteiger partial charge is 0.312 e. The molecule has 14 heavy (non-hydrogen) atoms. The summed E-state index contributed by atoms with van der Waals surface area (Å²) >= 11 is 0. The first-order valence-corrected chi connectivity index (χ1v) is 4.47. The van der Waals surface area contributed by atoms with Gasteiger partial charge in [-0.25, -0.2) is 9.18 Å². The fraction of sp³-hybridized carbons (Fsp3) is 0.300. The van der Waals surface area contributed by atoms with Crippen molar-refractivity contribution in [3.05, 3.63) is 35.6 Å². The van der Waals surface area contributed by atoms with Crippen molar-refractivity contribution in [2.45, 2.75) is 18.4 Å². The molecule has 3 nitrogen and oxygen atoms in total. The van der Waals surface area contributed by atoms with Gasteiger partial charge in [-0.05, 0) is 18.9 Å². The van der Waals surface area contributed by atoms with Gasteiger partial charge in [0, 0.05) is 5.56 Å². The van der Waals surface area contributed by atoms with E-state index in [1.54, 1.807) is 18.2 Å². The van der Waals surface area contributed by atoms with Crippen molar-refractivity contribution >= 4 is 6.03 Å². The number of hydrogen-bond donors (Lipinski definition) is 2. The molecule has 1 aromatic rings. The highest BCUT2D eigenvalue weighted by Gasteiger charge is 2.46. The average Bonchev–Trinajstić information content (AvgIpc) is 2.85. The van der Waals surface area contributed by atoms with Crippen molar-refractivity contribution in [2.75, 3.05) is 0 Å². The molecule has 0 heterocycles. The third-order valence-corrected chi connectivity index (χ3v) is 2.50. The highest BCUT2D eigenvalue weighted by Crippen LogP contribution is 2.46. The van der Waals surface area contributed by atoms with E-state index in [0.717, 1.165) is 12.8 Å². The number of nitrogens with one attached hydrogen (secondary N) is 1. The second-order valence-corrected chi connectivity index (χ2v) is 3.55. The highest BCUT2D eigenvalue weighted by molar-refractivity contribution is 5.73. The number of amides is 2. The Bertz CT molecular complexity index is 374. The summed E-state index contributed by atoms with van der Waals surface area (Å²) in [6.45, 7) is 0. The summed E-state index contributed by atoms with van der Waals surface area (Å²) < 4.78 is 13.4. The summed E-state index contributed by atoms with van der Waals surface area (Å²) in [6.07, 6.45) is 1.49. The van der Waals surface area contributed by atoms with Crippen LogP contribution in [0.1, 0.15) is 18.4 Å². The Hall–Kier alpha value is -1.58. The lowest BCUT2D eigenvalue weighted by atomic mass is 10.0. The molecule has 0 saturated heterocycles. The number of rotatable bonds is 2. The summed E-state index contributed by atoms with van der Waals surface area (Å²) in [5.74, 6) is -0.293. The molecule has 0 spiro atoms. The molecule has 1 saturated carbocycles. The maximum absolute atomic E-state index is 13.4. The molecule has 3 N–H and O–H groups in total. The number of urea groups is 1. The summed E-state index contributed by atoms with van der Waals surface area (Å²) in [4.78, 5) is 10.7. The Kier molecular flexibility index (Phi) is 1.91. The number of carbonyl (C=O) groups is 1. The normalized spacial score (nSPS) is 17.5. The van der Waals surface area contributed by atoms with Gasteiger partial charge in [-0.15, -0.1) is 0 Å². The zero-order valence-corrected chi connectivity index (χ0v) is 7.59. The minimum atomic E-state index is -0.606. The first-order valence-electron chi connectivity index (χ1n) is 4.47. The maximum atomic E-state index is 13.4. The highest BCUT2D eigenvalue weighted by atomic mass is 19.1. The van der Waals surface area contributed by atoms with Gasteiger partial charge < -0.3 is 11.1 Å². The van der Waals surface area contributed by atoms with Crippen LogP contribution < -0.4 is 11.1 Å². The average molecular weight is 194 g/mol. The van der Waals surface area contributed by atoms with E-state index < -0.39 is 11.6 Å². The van der Waals surface area contributed by atoms with E-state index in [1.807, 2.05) is 0 Å². The van der Waals surface area contributed by atoms with Gasteiger partial charge in [0.25, 0.3) is 0 Å². The maximum Gasteiger partial charge on any atom is 0.312 e. The molecule has 0 atom stereocenters. The SMILES string of the molecule is NC(=O)NC1(c2ccccc2F)CC1. The molecule has 0 aromatic heterocycles. The van der Waals surface area contributed by atoms with Crippen molar-refractivity contribution in [1.82, 2.24) is 5.32 Å². The molecule has 1 aromatic carbocycles. The predicted molar refractivity (Wildman–Crippen MR) is 50.0 cm³/mol. The van der Waals surface area contributed by atoms with E-state index in [1.165, 1.54) is 6.07 Å². The van der Waals surface area contributed by atoms with E-state index in [2.05, 4.69) is 5.32 Å². The van der Waals surface area contributed by atoms with Crippen LogP contribution in [0.15, 0.2) is 24.3 Å². The minimum Gasteiger partial charge on any atom is -0.352 e. The van der Waals surface area contributed by atoms with Crippen molar-refractivity contribution in [3.8, 4) is 0 Å². The zero-order valence-electron chi connectivity index (χ0n) is 7.59. The van der Waals surface area contributed by atoms with Crippen molar-refractivity contribution < 1.29 is 9.18 Å². The quantitative estimate of drug-likeness (QED) is 0.736. The van der Waals surface area contributed by atoms with Gasteiger partial charge in [0.05, 0.1) is 5.54 Å². The van der Waals surface area contributed by atoms with E-state index in [4.69, 9.17) is 5.73 Å². The van der Waals surface area contributed by atoms with E-state index in [-0.39, 0.29) is 5.82 Å². The van der Waals surface area contributed by atoms with Gasteiger partial charge in [-0.2, -0.15) is 0 Å². The van der Waals surface area contributed by atoms with E-state index >= 15 is 0 Å². The fourth-order valence-corrected chi connectivity index (χ4v) is 1.67. The molecule has 1 fully saturated rings. The molecule has 0 bridgehead atoms. The van der Waals surface area contributed by atoms with Gasteiger partial charge in [0.15, 0.2) is 0 Å². The van der Waals surface area contributed by atoms with Crippen molar-refractivity contribution in [1.29, 1.82) is 0 Å². The molecule has 0 unspecified atom stereocenters. The number of nitrogens with two attached hydrogens (primary N) is 1. The van der Waals surface area contributed by atoms with Crippen molar-refractivity contribution in [2.24, 2.45) is 5.73 Å². The molecular weight excluding hydrogens is 183 g/mol. The summed E-state index contributed by atoms with van der Waals surface area (Å²) in [5, 5.41) is 2.59. The Morgan fingerprint density at radius 3 is 2.57 bits per heavy atom. The Morgan fingerprint density at radius 1 is 1.43 bits per heavy atom. The topological polar surface area (TPSA) is 55.1 Å².